The topological polar surface area (TPSA) is 41.6 Å². The summed E-state index contributed by atoms with van der Waals surface area (Å²) < 4.78 is 5.46. The van der Waals surface area contributed by atoms with E-state index in [-0.39, 0.29) is 5.92 Å². The summed E-state index contributed by atoms with van der Waals surface area (Å²) in [4.78, 5) is 14.1. The van der Waals surface area contributed by atoms with Crippen LogP contribution in [0.25, 0.3) is 0 Å². The zero-order chi connectivity index (χ0) is 12.3. The number of rotatable bonds is 4. The molecular formula is C13H24N2O2. The average molecular weight is 240 g/mol. The van der Waals surface area contributed by atoms with Gasteiger partial charge >= 0.3 is 0 Å². The monoisotopic (exact) mass is 240 g/mol. The molecule has 0 aromatic heterocycles. The van der Waals surface area contributed by atoms with Gasteiger partial charge in [0.1, 0.15) is 0 Å². The zero-order valence-corrected chi connectivity index (χ0v) is 10.9. The first-order valence-corrected chi connectivity index (χ1v) is 6.72. The van der Waals surface area contributed by atoms with E-state index in [0.29, 0.717) is 17.7 Å². The van der Waals surface area contributed by atoms with Gasteiger partial charge in [-0.25, -0.2) is 0 Å². The van der Waals surface area contributed by atoms with Crippen LogP contribution in [-0.2, 0) is 9.53 Å². The van der Waals surface area contributed by atoms with Gasteiger partial charge in [0.15, 0.2) is 0 Å². The molecule has 2 aliphatic rings. The first-order valence-electron chi connectivity index (χ1n) is 6.72. The predicted molar refractivity (Wildman–Crippen MR) is 66.7 cm³/mol. The fourth-order valence-electron chi connectivity index (χ4n) is 2.64. The van der Waals surface area contributed by atoms with Crippen molar-refractivity contribution < 1.29 is 9.53 Å². The lowest BCUT2D eigenvalue weighted by Crippen LogP contribution is -2.50. The summed E-state index contributed by atoms with van der Waals surface area (Å²) in [5.74, 6) is 1.52. The van der Waals surface area contributed by atoms with Gasteiger partial charge in [-0.05, 0) is 37.8 Å². The van der Waals surface area contributed by atoms with Crippen LogP contribution < -0.4 is 5.32 Å². The molecule has 0 saturated carbocycles. The highest BCUT2D eigenvalue weighted by molar-refractivity contribution is 5.78. The van der Waals surface area contributed by atoms with Gasteiger partial charge in [-0.1, -0.05) is 6.92 Å². The van der Waals surface area contributed by atoms with Crippen LogP contribution in [0.4, 0.5) is 0 Å². The van der Waals surface area contributed by atoms with Crippen LogP contribution in [0.15, 0.2) is 0 Å². The standard InChI is InChI=1S/C13H24N2O2/c1-10(12-6-14-7-12)13(16)15(2)8-11-4-3-5-17-9-11/h10-12,14H,3-9H2,1-2H3. The summed E-state index contributed by atoms with van der Waals surface area (Å²) in [6.45, 7) is 6.60. The van der Waals surface area contributed by atoms with Crippen LogP contribution in [0.2, 0.25) is 0 Å². The molecule has 2 saturated heterocycles. The van der Waals surface area contributed by atoms with Crippen molar-refractivity contribution in [1.82, 2.24) is 10.2 Å². The number of carbonyl (C=O) groups excluding carboxylic acids is 1. The van der Waals surface area contributed by atoms with Gasteiger partial charge in [-0.15, -0.1) is 0 Å². The van der Waals surface area contributed by atoms with Crippen LogP contribution in [0.5, 0.6) is 0 Å². The molecule has 2 fully saturated rings. The summed E-state index contributed by atoms with van der Waals surface area (Å²) in [5.41, 5.74) is 0. The molecule has 2 unspecified atom stereocenters. The Morgan fingerprint density at radius 1 is 1.53 bits per heavy atom. The Hall–Kier alpha value is -0.610. The molecule has 0 aliphatic carbocycles. The number of hydrogen-bond donors (Lipinski definition) is 1. The molecule has 1 amide bonds. The van der Waals surface area contributed by atoms with E-state index >= 15 is 0 Å². The SMILES string of the molecule is CC(C(=O)N(C)CC1CCCOC1)C1CNC1. The first kappa shape index (κ1) is 12.8. The fourth-order valence-corrected chi connectivity index (χ4v) is 2.64. The molecule has 17 heavy (non-hydrogen) atoms. The normalized spacial score (nSPS) is 27.3. The minimum atomic E-state index is 0.158. The molecule has 0 radical (unpaired) electrons. The molecule has 1 N–H and O–H groups in total. The third-order valence-electron chi connectivity index (χ3n) is 4.07. The van der Waals surface area contributed by atoms with Crippen LogP contribution >= 0.6 is 0 Å². The number of hydrogen-bond acceptors (Lipinski definition) is 3. The van der Waals surface area contributed by atoms with Crippen LogP contribution in [0.1, 0.15) is 19.8 Å². The maximum atomic E-state index is 12.2. The Bertz CT molecular complexity index is 260. The Morgan fingerprint density at radius 3 is 2.82 bits per heavy atom. The third-order valence-corrected chi connectivity index (χ3v) is 4.07. The summed E-state index contributed by atoms with van der Waals surface area (Å²) >= 11 is 0. The lowest BCUT2D eigenvalue weighted by atomic mass is 9.87. The van der Waals surface area contributed by atoms with Gasteiger partial charge < -0.3 is 15.0 Å². The van der Waals surface area contributed by atoms with Crippen molar-refractivity contribution in [2.75, 3.05) is 39.9 Å². The molecule has 4 nitrogen and oxygen atoms in total. The minimum absolute atomic E-state index is 0.158. The Labute approximate surface area is 104 Å². The van der Waals surface area contributed by atoms with E-state index in [1.54, 1.807) is 0 Å². The molecule has 0 spiro atoms. The summed E-state index contributed by atoms with van der Waals surface area (Å²) in [7, 11) is 1.93. The number of nitrogens with one attached hydrogen (secondary N) is 1. The molecule has 2 heterocycles. The lowest BCUT2D eigenvalue weighted by Gasteiger charge is -2.35. The van der Waals surface area contributed by atoms with E-state index < -0.39 is 0 Å². The second kappa shape index (κ2) is 5.83. The highest BCUT2D eigenvalue weighted by Crippen LogP contribution is 2.20. The van der Waals surface area contributed by atoms with Crippen molar-refractivity contribution in [2.24, 2.45) is 17.8 Å². The van der Waals surface area contributed by atoms with Crippen molar-refractivity contribution in [3.63, 3.8) is 0 Å². The van der Waals surface area contributed by atoms with E-state index in [1.165, 1.54) is 6.42 Å². The van der Waals surface area contributed by atoms with E-state index in [9.17, 15) is 4.79 Å². The molecule has 2 aliphatic heterocycles. The summed E-state index contributed by atoms with van der Waals surface area (Å²) in [6, 6.07) is 0. The van der Waals surface area contributed by atoms with Crippen LogP contribution in [-0.4, -0.2) is 50.7 Å². The van der Waals surface area contributed by atoms with Crippen molar-refractivity contribution in [3.05, 3.63) is 0 Å². The number of amides is 1. The largest absolute Gasteiger partial charge is 0.381 e. The minimum Gasteiger partial charge on any atom is -0.381 e. The van der Waals surface area contributed by atoms with Gasteiger partial charge in [0.05, 0.1) is 6.61 Å². The first-order chi connectivity index (χ1) is 8.18. The predicted octanol–water partition coefficient (Wildman–Crippen LogP) is 0.727. The molecule has 0 aromatic carbocycles. The highest BCUT2D eigenvalue weighted by atomic mass is 16.5. The summed E-state index contributed by atoms with van der Waals surface area (Å²) in [6.07, 6.45) is 2.33. The van der Waals surface area contributed by atoms with Crippen LogP contribution in [0, 0.1) is 17.8 Å². The smallest absolute Gasteiger partial charge is 0.225 e. The molecular weight excluding hydrogens is 216 g/mol. The maximum Gasteiger partial charge on any atom is 0.225 e. The van der Waals surface area contributed by atoms with E-state index in [0.717, 1.165) is 39.3 Å². The van der Waals surface area contributed by atoms with E-state index in [2.05, 4.69) is 12.2 Å². The number of carbonyl (C=O) groups is 1. The van der Waals surface area contributed by atoms with Gasteiger partial charge in [-0.3, -0.25) is 4.79 Å². The molecule has 2 atom stereocenters. The molecule has 0 bridgehead atoms. The van der Waals surface area contributed by atoms with E-state index in [1.807, 2.05) is 11.9 Å². The molecule has 0 aromatic rings. The lowest BCUT2D eigenvalue weighted by molar-refractivity contribution is -0.137. The molecule has 4 heteroatoms. The van der Waals surface area contributed by atoms with Crippen molar-refractivity contribution in [3.8, 4) is 0 Å². The molecule has 98 valence electrons. The van der Waals surface area contributed by atoms with Gasteiger partial charge in [0.2, 0.25) is 5.91 Å². The second-order valence-electron chi connectivity index (χ2n) is 5.51. The quantitative estimate of drug-likeness (QED) is 0.787. The van der Waals surface area contributed by atoms with Crippen molar-refractivity contribution in [2.45, 2.75) is 19.8 Å². The van der Waals surface area contributed by atoms with Gasteiger partial charge in [-0.2, -0.15) is 0 Å². The second-order valence-corrected chi connectivity index (χ2v) is 5.51. The van der Waals surface area contributed by atoms with Crippen molar-refractivity contribution in [1.29, 1.82) is 0 Å². The number of ether oxygens (including phenoxy) is 1. The maximum absolute atomic E-state index is 12.2. The van der Waals surface area contributed by atoms with Gasteiger partial charge in [0.25, 0.3) is 0 Å². The Kier molecular flexibility index (Phi) is 4.40. The van der Waals surface area contributed by atoms with Crippen molar-refractivity contribution >= 4 is 5.91 Å². The number of nitrogens with zero attached hydrogens (tertiary/aromatic N) is 1. The highest BCUT2D eigenvalue weighted by Gasteiger charge is 2.31. The van der Waals surface area contributed by atoms with E-state index in [4.69, 9.17) is 4.74 Å². The Balaban J connectivity index is 1.77. The zero-order valence-electron chi connectivity index (χ0n) is 10.9. The molecule has 2 rings (SSSR count). The average Bonchev–Trinajstić information content (AvgIpc) is 2.27. The third kappa shape index (κ3) is 3.19. The Morgan fingerprint density at radius 2 is 2.29 bits per heavy atom. The fraction of sp³-hybridized carbons (Fsp3) is 0.923. The summed E-state index contributed by atoms with van der Waals surface area (Å²) in [5, 5.41) is 3.23. The van der Waals surface area contributed by atoms with Crippen LogP contribution in [0.3, 0.4) is 0 Å². The van der Waals surface area contributed by atoms with Gasteiger partial charge in [0, 0.05) is 26.1 Å².